The largest absolute Gasteiger partial charge is 0.355 e. The third kappa shape index (κ3) is 4.26. The summed E-state index contributed by atoms with van der Waals surface area (Å²) in [6.45, 7) is 2.70. The molecule has 4 aromatic rings. The molecule has 0 spiro atoms. The number of hydrogen-bond donors (Lipinski definition) is 1. The minimum absolute atomic E-state index is 0.00444. The van der Waals surface area contributed by atoms with Gasteiger partial charge < -0.3 is 5.32 Å². The molecular weight excluding hydrogens is 388 g/mol. The van der Waals surface area contributed by atoms with Gasteiger partial charge in [0.1, 0.15) is 0 Å². The maximum Gasteiger partial charge on any atom is 0.230 e. The molecule has 0 fully saturated rings. The zero-order chi connectivity index (χ0) is 19.3. The van der Waals surface area contributed by atoms with E-state index in [-0.39, 0.29) is 5.91 Å². The summed E-state index contributed by atoms with van der Waals surface area (Å²) in [5, 5.41) is 14.3. The lowest BCUT2D eigenvalue weighted by atomic mass is 10.1. The Bertz CT molecular complexity index is 1070. The van der Waals surface area contributed by atoms with Gasteiger partial charge in [0, 0.05) is 11.9 Å². The van der Waals surface area contributed by atoms with Crippen LogP contribution >= 0.6 is 23.1 Å². The fourth-order valence-electron chi connectivity index (χ4n) is 2.89. The third-order valence-electron chi connectivity index (χ3n) is 4.38. The molecule has 0 aliphatic heterocycles. The highest BCUT2D eigenvalue weighted by Gasteiger charge is 2.15. The molecule has 0 radical (unpaired) electrons. The van der Waals surface area contributed by atoms with Crippen molar-refractivity contribution in [1.82, 2.24) is 19.9 Å². The van der Waals surface area contributed by atoms with E-state index in [4.69, 9.17) is 0 Å². The van der Waals surface area contributed by atoms with Gasteiger partial charge in [-0.2, -0.15) is 0 Å². The molecule has 1 N–H and O–H groups in total. The molecule has 0 saturated heterocycles. The van der Waals surface area contributed by atoms with Gasteiger partial charge in [-0.05, 0) is 24.5 Å². The fourth-order valence-corrected chi connectivity index (χ4v) is 4.56. The van der Waals surface area contributed by atoms with Crippen LogP contribution in [0.1, 0.15) is 11.1 Å². The molecular formula is C21H20N4OS2. The number of aryl methyl sites for hydroxylation is 1. The number of nitrogens with zero attached hydrogens (tertiary/aromatic N) is 3. The highest BCUT2D eigenvalue weighted by molar-refractivity contribution is 7.99. The molecule has 0 atom stereocenters. The van der Waals surface area contributed by atoms with Crippen LogP contribution in [0.25, 0.3) is 16.2 Å². The summed E-state index contributed by atoms with van der Waals surface area (Å²) in [7, 11) is 0. The Morgan fingerprint density at radius 1 is 1.11 bits per heavy atom. The van der Waals surface area contributed by atoms with Crippen LogP contribution in [0.15, 0.2) is 65.1 Å². The molecule has 0 aliphatic carbocycles. The van der Waals surface area contributed by atoms with Gasteiger partial charge in [0.15, 0.2) is 5.16 Å². The van der Waals surface area contributed by atoms with E-state index in [0.29, 0.717) is 12.3 Å². The summed E-state index contributed by atoms with van der Waals surface area (Å²) in [6.07, 6.45) is 0.828. The van der Waals surface area contributed by atoms with Crippen molar-refractivity contribution in [2.45, 2.75) is 18.5 Å². The molecule has 2 heterocycles. The number of thioether (sulfide) groups is 1. The van der Waals surface area contributed by atoms with Crippen molar-refractivity contribution in [3.05, 3.63) is 71.1 Å². The SMILES string of the molecule is Cc1ccc(-c2csc3nnc(SCC(=O)NCCc4ccccc4)n23)cc1. The molecule has 0 aliphatic rings. The number of rotatable bonds is 7. The van der Waals surface area contributed by atoms with Crippen molar-refractivity contribution in [2.75, 3.05) is 12.3 Å². The molecule has 2 aromatic heterocycles. The van der Waals surface area contributed by atoms with E-state index >= 15 is 0 Å². The molecule has 4 rings (SSSR count). The van der Waals surface area contributed by atoms with Crippen LogP contribution in [-0.4, -0.2) is 32.8 Å². The summed E-state index contributed by atoms with van der Waals surface area (Å²) < 4.78 is 2.03. The number of carbonyl (C=O) groups is 1. The fraction of sp³-hybridized carbons (Fsp3) is 0.190. The van der Waals surface area contributed by atoms with Crippen molar-refractivity contribution in [2.24, 2.45) is 0 Å². The highest BCUT2D eigenvalue weighted by Crippen LogP contribution is 2.29. The predicted octanol–water partition coefficient (Wildman–Crippen LogP) is 4.22. The first-order valence-corrected chi connectivity index (χ1v) is 10.9. The smallest absolute Gasteiger partial charge is 0.230 e. The Labute approximate surface area is 171 Å². The van der Waals surface area contributed by atoms with Gasteiger partial charge in [-0.25, -0.2) is 0 Å². The van der Waals surface area contributed by atoms with Crippen LogP contribution in [0.3, 0.4) is 0 Å². The van der Waals surface area contributed by atoms with E-state index < -0.39 is 0 Å². The van der Waals surface area contributed by atoms with Crippen LogP contribution in [-0.2, 0) is 11.2 Å². The maximum atomic E-state index is 12.2. The Kier molecular flexibility index (Phi) is 5.73. The van der Waals surface area contributed by atoms with E-state index in [1.54, 1.807) is 11.3 Å². The lowest BCUT2D eigenvalue weighted by Crippen LogP contribution is -2.27. The van der Waals surface area contributed by atoms with Crippen molar-refractivity contribution in [3.8, 4) is 11.3 Å². The molecule has 142 valence electrons. The average molecular weight is 409 g/mol. The van der Waals surface area contributed by atoms with Gasteiger partial charge in [-0.1, -0.05) is 71.9 Å². The first-order valence-electron chi connectivity index (χ1n) is 9.04. The summed E-state index contributed by atoms with van der Waals surface area (Å²) in [4.78, 5) is 13.0. The van der Waals surface area contributed by atoms with Gasteiger partial charge in [-0.3, -0.25) is 9.20 Å². The Morgan fingerprint density at radius 2 is 1.89 bits per heavy atom. The summed E-state index contributed by atoms with van der Waals surface area (Å²) in [5.74, 6) is 0.323. The van der Waals surface area contributed by atoms with Gasteiger partial charge >= 0.3 is 0 Å². The molecule has 1 amide bonds. The Hall–Kier alpha value is -2.64. The van der Waals surface area contributed by atoms with Crippen molar-refractivity contribution < 1.29 is 4.79 Å². The highest BCUT2D eigenvalue weighted by atomic mass is 32.2. The second kappa shape index (κ2) is 8.58. The summed E-state index contributed by atoms with van der Waals surface area (Å²) >= 11 is 2.97. The quantitative estimate of drug-likeness (QED) is 0.465. The zero-order valence-corrected chi connectivity index (χ0v) is 17.1. The first kappa shape index (κ1) is 18.7. The topological polar surface area (TPSA) is 59.3 Å². The van der Waals surface area contributed by atoms with Crippen LogP contribution in [0.5, 0.6) is 0 Å². The minimum Gasteiger partial charge on any atom is -0.355 e. The van der Waals surface area contributed by atoms with Crippen molar-refractivity contribution in [3.63, 3.8) is 0 Å². The lowest BCUT2D eigenvalue weighted by Gasteiger charge is -2.06. The maximum absolute atomic E-state index is 12.2. The predicted molar refractivity (Wildman–Crippen MR) is 115 cm³/mol. The number of aromatic nitrogens is 3. The van der Waals surface area contributed by atoms with Gasteiger partial charge in [0.25, 0.3) is 0 Å². The average Bonchev–Trinajstić information content (AvgIpc) is 3.30. The number of benzene rings is 2. The molecule has 2 aromatic carbocycles. The molecule has 0 saturated carbocycles. The van der Waals surface area contributed by atoms with E-state index in [1.165, 1.54) is 22.9 Å². The van der Waals surface area contributed by atoms with Crippen molar-refractivity contribution >= 4 is 34.0 Å². The lowest BCUT2D eigenvalue weighted by molar-refractivity contribution is -0.118. The molecule has 28 heavy (non-hydrogen) atoms. The number of nitrogens with one attached hydrogen (secondary N) is 1. The number of amides is 1. The van der Waals surface area contributed by atoms with Gasteiger partial charge in [0.2, 0.25) is 10.9 Å². The van der Waals surface area contributed by atoms with E-state index in [2.05, 4.69) is 64.2 Å². The minimum atomic E-state index is 0.00444. The number of carbonyl (C=O) groups excluding carboxylic acids is 1. The van der Waals surface area contributed by atoms with E-state index in [1.807, 2.05) is 22.6 Å². The second-order valence-electron chi connectivity index (χ2n) is 6.46. The number of thiazole rings is 1. The Balaban J connectivity index is 1.39. The van der Waals surface area contributed by atoms with Crippen LogP contribution in [0, 0.1) is 6.92 Å². The summed E-state index contributed by atoms with van der Waals surface area (Å²) in [6, 6.07) is 18.5. The molecule has 0 bridgehead atoms. The molecule has 7 heteroatoms. The van der Waals surface area contributed by atoms with Crippen LogP contribution in [0.4, 0.5) is 0 Å². The van der Waals surface area contributed by atoms with E-state index in [9.17, 15) is 4.79 Å². The molecule has 5 nitrogen and oxygen atoms in total. The van der Waals surface area contributed by atoms with Crippen molar-refractivity contribution in [1.29, 1.82) is 0 Å². The Morgan fingerprint density at radius 3 is 2.68 bits per heavy atom. The monoisotopic (exact) mass is 408 g/mol. The van der Waals surface area contributed by atoms with Gasteiger partial charge in [-0.15, -0.1) is 21.5 Å². The third-order valence-corrected chi connectivity index (χ3v) is 6.12. The zero-order valence-electron chi connectivity index (χ0n) is 15.5. The van der Waals surface area contributed by atoms with Gasteiger partial charge in [0.05, 0.1) is 11.4 Å². The number of hydrogen-bond acceptors (Lipinski definition) is 5. The second-order valence-corrected chi connectivity index (χ2v) is 8.24. The molecule has 0 unspecified atom stereocenters. The number of fused-ring (bicyclic) bond motifs is 1. The van der Waals surface area contributed by atoms with Crippen LogP contribution < -0.4 is 5.32 Å². The summed E-state index contributed by atoms with van der Waals surface area (Å²) in [5.41, 5.74) is 4.61. The standard InChI is InChI=1S/C21H20N4OS2/c1-15-7-9-17(10-8-15)18-13-27-20-23-24-21(25(18)20)28-14-19(26)22-12-11-16-5-3-2-4-6-16/h2-10,13H,11-12,14H2,1H3,(H,22,26). The van der Waals surface area contributed by atoms with Crippen LogP contribution in [0.2, 0.25) is 0 Å². The normalized spacial score (nSPS) is 11.0. The van der Waals surface area contributed by atoms with E-state index in [0.717, 1.165) is 27.8 Å². The first-order chi connectivity index (χ1) is 13.7.